The molecule has 0 saturated carbocycles. The second kappa shape index (κ2) is 4.80. The molecule has 6 nitrogen and oxygen atoms in total. The predicted molar refractivity (Wildman–Crippen MR) is 59.2 cm³/mol. The summed E-state index contributed by atoms with van der Waals surface area (Å²) in [6, 6.07) is 0. The van der Waals surface area contributed by atoms with Gasteiger partial charge in [-0.3, -0.25) is 0 Å². The van der Waals surface area contributed by atoms with Crippen LogP contribution in [-0.4, -0.2) is 30.8 Å². The predicted octanol–water partition coefficient (Wildman–Crippen LogP) is 0.0868. The lowest BCUT2D eigenvalue weighted by Gasteiger charge is -2.21. The van der Waals surface area contributed by atoms with Crippen LogP contribution < -0.4 is 10.5 Å². The summed E-state index contributed by atoms with van der Waals surface area (Å²) in [6.45, 7) is 6.59. The molecule has 15 heavy (non-hydrogen) atoms. The van der Waals surface area contributed by atoms with Crippen molar-refractivity contribution in [3.05, 3.63) is 0 Å². The van der Waals surface area contributed by atoms with Crippen molar-refractivity contribution in [3.8, 4) is 0 Å². The van der Waals surface area contributed by atoms with E-state index in [9.17, 15) is 8.42 Å². The summed E-state index contributed by atoms with van der Waals surface area (Å²) in [5, 5.41) is 11.2. The quantitative estimate of drug-likeness (QED) is 0.279. The fraction of sp³-hybridized carbons (Fsp3) is 0.875. The second-order valence-electron chi connectivity index (χ2n) is 4.39. The molecule has 0 heterocycles. The van der Waals surface area contributed by atoms with Crippen molar-refractivity contribution in [3.63, 3.8) is 0 Å². The largest absolute Gasteiger partial charge is 0.409 e. The summed E-state index contributed by atoms with van der Waals surface area (Å²) >= 11 is 0. The molecular weight excluding hydrogens is 218 g/mol. The number of hydrogen-bond donors (Lipinski definition) is 3. The molecule has 0 bridgehead atoms. The number of rotatable bonds is 4. The number of nitrogens with two attached hydrogens (primary N) is 1. The van der Waals surface area contributed by atoms with E-state index in [0.717, 1.165) is 0 Å². The molecule has 4 N–H and O–H groups in total. The maximum atomic E-state index is 11.6. The third kappa shape index (κ3) is 4.05. The van der Waals surface area contributed by atoms with Gasteiger partial charge in [-0.05, 0) is 20.8 Å². The molecule has 0 rings (SSSR count). The fourth-order valence-corrected chi connectivity index (χ4v) is 1.56. The van der Waals surface area contributed by atoms with Gasteiger partial charge < -0.3 is 10.9 Å². The van der Waals surface area contributed by atoms with Crippen LogP contribution in [0.4, 0.5) is 0 Å². The molecule has 0 aliphatic carbocycles. The van der Waals surface area contributed by atoms with Crippen molar-refractivity contribution < 1.29 is 13.6 Å². The Morgan fingerprint density at radius 3 is 2.33 bits per heavy atom. The molecular formula is C8H19N3O3S. The topological polar surface area (TPSA) is 105 Å². The number of nitrogens with zero attached hydrogens (tertiary/aromatic N) is 1. The molecule has 0 spiro atoms. The minimum absolute atomic E-state index is 0.00612. The van der Waals surface area contributed by atoms with Crippen LogP contribution in [0.25, 0.3) is 0 Å². The van der Waals surface area contributed by atoms with Crippen molar-refractivity contribution in [2.75, 3.05) is 6.54 Å². The van der Waals surface area contributed by atoms with Crippen LogP contribution in [0.1, 0.15) is 27.7 Å². The zero-order chi connectivity index (χ0) is 12.3. The zero-order valence-corrected chi connectivity index (χ0v) is 10.3. The smallest absolute Gasteiger partial charge is 0.216 e. The molecule has 7 heteroatoms. The maximum absolute atomic E-state index is 11.6. The third-order valence-corrected chi connectivity index (χ3v) is 4.17. The van der Waals surface area contributed by atoms with Crippen LogP contribution in [0, 0.1) is 5.92 Å². The van der Waals surface area contributed by atoms with Crippen LogP contribution >= 0.6 is 0 Å². The molecule has 0 radical (unpaired) electrons. The number of hydrogen-bond acceptors (Lipinski definition) is 4. The van der Waals surface area contributed by atoms with Crippen molar-refractivity contribution in [1.29, 1.82) is 0 Å². The van der Waals surface area contributed by atoms with Crippen LogP contribution in [0.2, 0.25) is 0 Å². The normalized spacial score (nSPS) is 16.4. The van der Waals surface area contributed by atoms with Gasteiger partial charge in [0.25, 0.3) is 0 Å². The monoisotopic (exact) mass is 237 g/mol. The Morgan fingerprint density at radius 2 is 2.00 bits per heavy atom. The van der Waals surface area contributed by atoms with Crippen molar-refractivity contribution in [1.82, 2.24) is 4.72 Å². The summed E-state index contributed by atoms with van der Waals surface area (Å²) in [7, 11) is -3.38. The van der Waals surface area contributed by atoms with E-state index in [1.807, 2.05) is 0 Å². The summed E-state index contributed by atoms with van der Waals surface area (Å²) in [6.07, 6.45) is 0. The Bertz CT molecular complexity index is 330. The van der Waals surface area contributed by atoms with Crippen LogP contribution in [0.15, 0.2) is 5.16 Å². The minimum atomic E-state index is -3.38. The Balaban J connectivity index is 4.43. The van der Waals surface area contributed by atoms with Gasteiger partial charge in [-0.2, -0.15) is 0 Å². The lowest BCUT2D eigenvalue weighted by molar-refractivity contribution is 0.314. The first-order valence-electron chi connectivity index (χ1n) is 4.58. The molecule has 0 amide bonds. The summed E-state index contributed by atoms with van der Waals surface area (Å²) in [4.78, 5) is 0. The van der Waals surface area contributed by atoms with Gasteiger partial charge in [0.2, 0.25) is 10.0 Å². The molecule has 0 aliphatic heterocycles. The Labute approximate surface area is 90.6 Å². The zero-order valence-electron chi connectivity index (χ0n) is 9.48. The minimum Gasteiger partial charge on any atom is -0.409 e. The summed E-state index contributed by atoms with van der Waals surface area (Å²) in [5.74, 6) is -0.335. The average molecular weight is 237 g/mol. The van der Waals surface area contributed by atoms with E-state index >= 15 is 0 Å². The molecule has 0 aromatic heterocycles. The van der Waals surface area contributed by atoms with Crippen molar-refractivity contribution >= 4 is 15.9 Å². The first kappa shape index (κ1) is 14.2. The molecule has 0 aromatic rings. The molecule has 0 fully saturated rings. The van der Waals surface area contributed by atoms with Gasteiger partial charge >= 0.3 is 0 Å². The van der Waals surface area contributed by atoms with Gasteiger partial charge in [0, 0.05) is 12.5 Å². The highest BCUT2D eigenvalue weighted by molar-refractivity contribution is 7.90. The fourth-order valence-electron chi connectivity index (χ4n) is 0.654. The van der Waals surface area contributed by atoms with Gasteiger partial charge in [-0.25, -0.2) is 13.1 Å². The molecule has 0 saturated heterocycles. The van der Waals surface area contributed by atoms with E-state index in [-0.39, 0.29) is 18.3 Å². The van der Waals surface area contributed by atoms with Gasteiger partial charge in [0.15, 0.2) is 0 Å². The Kier molecular flexibility index (Phi) is 4.54. The lowest BCUT2D eigenvalue weighted by Crippen LogP contribution is -2.43. The SMILES string of the molecule is CC(CNS(=O)(=O)C(C)(C)C)C(N)=NO. The van der Waals surface area contributed by atoms with E-state index in [4.69, 9.17) is 10.9 Å². The van der Waals surface area contributed by atoms with E-state index in [2.05, 4.69) is 9.88 Å². The van der Waals surface area contributed by atoms with Gasteiger partial charge in [0.1, 0.15) is 5.84 Å². The van der Waals surface area contributed by atoms with Crippen molar-refractivity contribution in [2.45, 2.75) is 32.4 Å². The number of nitrogens with one attached hydrogen (secondary N) is 1. The van der Waals surface area contributed by atoms with E-state index in [1.54, 1.807) is 27.7 Å². The van der Waals surface area contributed by atoms with Gasteiger partial charge in [0.05, 0.1) is 4.75 Å². The van der Waals surface area contributed by atoms with Crippen LogP contribution in [-0.2, 0) is 10.0 Å². The summed E-state index contributed by atoms with van der Waals surface area (Å²) < 4.78 is 24.8. The van der Waals surface area contributed by atoms with Gasteiger partial charge in [-0.15, -0.1) is 0 Å². The first-order chi connectivity index (χ1) is 6.62. The van der Waals surface area contributed by atoms with E-state index in [0.29, 0.717) is 0 Å². The second-order valence-corrected chi connectivity index (χ2v) is 6.91. The van der Waals surface area contributed by atoms with Crippen LogP contribution in [0.5, 0.6) is 0 Å². The highest BCUT2D eigenvalue weighted by Gasteiger charge is 2.29. The third-order valence-electron chi connectivity index (χ3n) is 2.01. The standard InChI is InChI=1S/C8H19N3O3S/c1-6(7(9)11-12)5-10-15(13,14)8(2,3)4/h6,10,12H,5H2,1-4H3,(H2,9,11). The Hall–Kier alpha value is -0.820. The lowest BCUT2D eigenvalue weighted by atomic mass is 10.2. The number of sulfonamides is 1. The highest BCUT2D eigenvalue weighted by atomic mass is 32.2. The molecule has 90 valence electrons. The van der Waals surface area contributed by atoms with E-state index in [1.165, 1.54) is 0 Å². The van der Waals surface area contributed by atoms with E-state index < -0.39 is 14.8 Å². The first-order valence-corrected chi connectivity index (χ1v) is 6.06. The molecule has 0 aliphatic rings. The van der Waals surface area contributed by atoms with Crippen molar-refractivity contribution in [2.24, 2.45) is 16.8 Å². The van der Waals surface area contributed by atoms with Crippen LogP contribution in [0.3, 0.4) is 0 Å². The molecule has 1 atom stereocenters. The van der Waals surface area contributed by atoms with Gasteiger partial charge in [-0.1, -0.05) is 12.1 Å². The molecule has 1 unspecified atom stereocenters. The maximum Gasteiger partial charge on any atom is 0.216 e. The molecule has 0 aromatic carbocycles. The highest BCUT2D eigenvalue weighted by Crippen LogP contribution is 2.13. The number of oxime groups is 1. The Morgan fingerprint density at radius 1 is 1.53 bits per heavy atom. The number of amidine groups is 1. The average Bonchev–Trinajstić information content (AvgIpc) is 2.11. The summed E-state index contributed by atoms with van der Waals surface area (Å²) in [5.41, 5.74) is 5.32.